The number of aliphatic hydroxyl groups is 2. The largest absolute Gasteiger partial charge is 0.395 e. The SMILES string of the molecule is CC1(C)C(=CC=C2CCCC(C=CC3=[N+](CCO)c4ccc5ccccc5c4C3(C)C)=C2Cl)N(CCO)c2ccc3ccccc3c21. The number of β-amino-alcohol motifs (C(OH)–C–C–N with tert-alkyl or cyclic N) is 2. The summed E-state index contributed by atoms with van der Waals surface area (Å²) >= 11 is 7.21. The maximum Gasteiger partial charge on any atom is 0.210 e. The fourth-order valence-electron chi connectivity index (χ4n) is 8.32. The molecule has 4 aromatic rings. The Balaban J connectivity index is 1.26. The predicted molar refractivity (Wildman–Crippen MR) is 197 cm³/mol. The van der Waals surface area contributed by atoms with Crippen molar-refractivity contribution in [2.45, 2.75) is 57.8 Å². The highest BCUT2D eigenvalue weighted by Gasteiger charge is 2.45. The smallest absolute Gasteiger partial charge is 0.210 e. The lowest BCUT2D eigenvalue weighted by atomic mass is 9.78. The predicted octanol–water partition coefficient (Wildman–Crippen LogP) is 9.19. The minimum absolute atomic E-state index is 0.0774. The molecule has 0 radical (unpaired) electrons. The van der Waals surface area contributed by atoms with Crippen LogP contribution in [0.5, 0.6) is 0 Å². The van der Waals surface area contributed by atoms with E-state index >= 15 is 0 Å². The summed E-state index contributed by atoms with van der Waals surface area (Å²) in [5.41, 5.74) is 9.09. The fraction of sp³-hybridized carbons (Fsp3) is 0.310. The molecule has 4 nitrogen and oxygen atoms in total. The molecular formula is C42H44ClN2O2+. The van der Waals surface area contributed by atoms with E-state index < -0.39 is 0 Å². The van der Waals surface area contributed by atoms with E-state index in [1.165, 1.54) is 55.5 Å². The molecule has 7 rings (SSSR count). The van der Waals surface area contributed by atoms with Gasteiger partial charge in [0, 0.05) is 46.1 Å². The lowest BCUT2D eigenvalue weighted by Crippen LogP contribution is -2.28. The van der Waals surface area contributed by atoms with Gasteiger partial charge in [-0.2, -0.15) is 4.58 Å². The molecule has 0 saturated carbocycles. The van der Waals surface area contributed by atoms with E-state index in [9.17, 15) is 10.2 Å². The van der Waals surface area contributed by atoms with Crippen LogP contribution in [0.1, 0.15) is 58.1 Å². The van der Waals surface area contributed by atoms with Crippen LogP contribution in [0.4, 0.5) is 11.4 Å². The van der Waals surface area contributed by atoms with Crippen molar-refractivity contribution in [2.75, 3.05) is 31.2 Å². The van der Waals surface area contributed by atoms with Crippen LogP contribution < -0.4 is 4.90 Å². The number of aliphatic hydroxyl groups excluding tert-OH is 2. The quantitative estimate of drug-likeness (QED) is 0.197. The lowest BCUT2D eigenvalue weighted by Gasteiger charge is -2.27. The molecule has 0 amide bonds. The maximum atomic E-state index is 10.1. The number of rotatable bonds is 7. The summed E-state index contributed by atoms with van der Waals surface area (Å²) in [7, 11) is 0. The molecule has 1 aliphatic carbocycles. The number of allylic oxidation sites excluding steroid dienone is 8. The van der Waals surface area contributed by atoms with Crippen LogP contribution in [-0.2, 0) is 10.8 Å². The van der Waals surface area contributed by atoms with E-state index in [0.29, 0.717) is 13.1 Å². The molecule has 0 saturated heterocycles. The number of anilines is 1. The number of benzene rings is 4. The Morgan fingerprint density at radius 1 is 0.766 bits per heavy atom. The first kappa shape index (κ1) is 31.6. The Morgan fingerprint density at radius 2 is 1.45 bits per heavy atom. The Hall–Kier alpha value is -3.96. The van der Waals surface area contributed by atoms with Crippen LogP contribution in [0.25, 0.3) is 21.5 Å². The standard InChI is InChI=1S/C42H44ClN2O2/c1-41(2)36(44(24-26-46)34-20-16-28-10-5-7-14-32(28)38(34)41)22-18-30-12-9-13-31(40(30)43)19-23-37-42(3,4)39-33-15-8-6-11-29(33)17-21-35(39)45(37)25-27-47/h5-8,10-11,14-23,46-47H,9,12-13,24-27H2,1-4H3/q+1. The molecule has 3 aliphatic rings. The van der Waals surface area contributed by atoms with Gasteiger partial charge in [0.1, 0.15) is 6.61 Å². The summed E-state index contributed by atoms with van der Waals surface area (Å²) in [6, 6.07) is 25.9. The molecule has 240 valence electrons. The molecule has 4 aromatic carbocycles. The molecule has 2 N–H and O–H groups in total. The Morgan fingerprint density at radius 3 is 2.15 bits per heavy atom. The van der Waals surface area contributed by atoms with Gasteiger partial charge in [-0.05, 0) is 89.6 Å². The van der Waals surface area contributed by atoms with Gasteiger partial charge in [0.25, 0.3) is 0 Å². The van der Waals surface area contributed by atoms with Crippen LogP contribution in [-0.4, -0.2) is 46.8 Å². The van der Waals surface area contributed by atoms with Crippen LogP contribution in [0.3, 0.4) is 0 Å². The van der Waals surface area contributed by atoms with Crippen LogP contribution in [0.15, 0.2) is 119 Å². The van der Waals surface area contributed by atoms with Crippen molar-refractivity contribution in [3.8, 4) is 0 Å². The van der Waals surface area contributed by atoms with E-state index in [2.05, 4.69) is 134 Å². The molecule has 2 heterocycles. The molecule has 2 aliphatic heterocycles. The molecular weight excluding hydrogens is 600 g/mol. The van der Waals surface area contributed by atoms with Gasteiger partial charge in [-0.1, -0.05) is 92.2 Å². The normalized spacial score (nSPS) is 20.4. The minimum atomic E-state index is -0.240. The summed E-state index contributed by atoms with van der Waals surface area (Å²) in [6.07, 6.45) is 11.8. The van der Waals surface area contributed by atoms with Gasteiger partial charge in [-0.25, -0.2) is 0 Å². The zero-order valence-corrected chi connectivity index (χ0v) is 28.6. The topological polar surface area (TPSA) is 46.7 Å². The molecule has 5 heteroatoms. The number of hydrogen-bond acceptors (Lipinski definition) is 3. The molecule has 0 atom stereocenters. The second kappa shape index (κ2) is 12.2. The van der Waals surface area contributed by atoms with E-state index in [4.69, 9.17) is 11.6 Å². The summed E-state index contributed by atoms with van der Waals surface area (Å²) < 4.78 is 2.27. The monoisotopic (exact) mass is 643 g/mol. The van der Waals surface area contributed by atoms with E-state index in [1.54, 1.807) is 0 Å². The number of halogens is 1. The van der Waals surface area contributed by atoms with Crippen molar-refractivity contribution in [1.82, 2.24) is 0 Å². The first-order chi connectivity index (χ1) is 22.7. The summed E-state index contributed by atoms with van der Waals surface area (Å²) in [4.78, 5) is 2.27. The summed E-state index contributed by atoms with van der Waals surface area (Å²) in [6.45, 7) is 10.4. The zero-order valence-electron chi connectivity index (χ0n) is 27.9. The highest BCUT2D eigenvalue weighted by Crippen LogP contribution is 2.51. The maximum absolute atomic E-state index is 10.1. The van der Waals surface area contributed by atoms with Gasteiger partial charge in [0.15, 0.2) is 12.3 Å². The molecule has 0 aromatic heterocycles. The second-order valence-electron chi connectivity index (χ2n) is 14.0. The van der Waals surface area contributed by atoms with Crippen molar-refractivity contribution < 1.29 is 14.8 Å². The first-order valence-electron chi connectivity index (χ1n) is 16.9. The van der Waals surface area contributed by atoms with Gasteiger partial charge in [0.05, 0.1) is 12.0 Å². The van der Waals surface area contributed by atoms with Gasteiger partial charge < -0.3 is 15.1 Å². The minimum Gasteiger partial charge on any atom is -0.395 e. The zero-order chi connectivity index (χ0) is 32.9. The highest BCUT2D eigenvalue weighted by atomic mass is 35.5. The van der Waals surface area contributed by atoms with Crippen LogP contribution in [0, 0.1) is 0 Å². The van der Waals surface area contributed by atoms with Crippen LogP contribution >= 0.6 is 11.6 Å². The third-order valence-corrected chi connectivity index (χ3v) is 11.0. The van der Waals surface area contributed by atoms with Crippen molar-refractivity contribution in [3.63, 3.8) is 0 Å². The molecule has 0 unspecified atom stereocenters. The van der Waals surface area contributed by atoms with Crippen molar-refractivity contribution >= 4 is 50.2 Å². The second-order valence-corrected chi connectivity index (χ2v) is 14.4. The lowest BCUT2D eigenvalue weighted by molar-refractivity contribution is -0.440. The van der Waals surface area contributed by atoms with E-state index in [-0.39, 0.29) is 24.0 Å². The first-order valence-corrected chi connectivity index (χ1v) is 17.2. The average Bonchev–Trinajstić information content (AvgIpc) is 3.42. The molecule has 47 heavy (non-hydrogen) atoms. The Labute approximate surface area is 283 Å². The number of nitrogens with zero attached hydrogens (tertiary/aromatic N) is 2. The van der Waals surface area contributed by atoms with Crippen molar-refractivity contribution in [3.05, 3.63) is 130 Å². The third-order valence-electron chi connectivity index (χ3n) is 10.5. The van der Waals surface area contributed by atoms with E-state index in [0.717, 1.165) is 35.4 Å². The van der Waals surface area contributed by atoms with Gasteiger partial charge in [-0.3, -0.25) is 0 Å². The number of fused-ring (bicyclic) bond motifs is 6. The van der Waals surface area contributed by atoms with Crippen molar-refractivity contribution in [1.29, 1.82) is 0 Å². The Bertz CT molecular complexity index is 2060. The summed E-state index contributed by atoms with van der Waals surface area (Å²) in [5.74, 6) is 0. The fourth-order valence-corrected chi connectivity index (χ4v) is 8.63. The molecule has 0 spiro atoms. The van der Waals surface area contributed by atoms with Gasteiger partial charge in [-0.15, -0.1) is 0 Å². The van der Waals surface area contributed by atoms with Gasteiger partial charge in [0.2, 0.25) is 5.69 Å². The molecule has 0 fully saturated rings. The van der Waals surface area contributed by atoms with Gasteiger partial charge >= 0.3 is 0 Å². The summed E-state index contributed by atoms with van der Waals surface area (Å²) in [5, 5.41) is 25.9. The number of hydrogen-bond donors (Lipinski definition) is 2. The average molecular weight is 644 g/mol. The van der Waals surface area contributed by atoms with E-state index in [1.807, 2.05) is 0 Å². The Kier molecular flexibility index (Phi) is 8.24. The third kappa shape index (κ3) is 5.18. The highest BCUT2D eigenvalue weighted by molar-refractivity contribution is 6.32. The molecule has 0 bridgehead atoms. The van der Waals surface area contributed by atoms with Crippen molar-refractivity contribution in [2.24, 2.45) is 0 Å². The van der Waals surface area contributed by atoms with Crippen LogP contribution in [0.2, 0.25) is 0 Å².